The van der Waals surface area contributed by atoms with Gasteiger partial charge in [-0.25, -0.2) is 0 Å². The van der Waals surface area contributed by atoms with Crippen LogP contribution in [0.5, 0.6) is 0 Å². The molecule has 0 aromatic heterocycles. The van der Waals surface area contributed by atoms with Crippen LogP contribution in [0.25, 0.3) is 0 Å². The normalized spacial score (nSPS) is 11.8. The minimum absolute atomic E-state index is 0.0346. The molecule has 0 saturated carbocycles. The van der Waals surface area contributed by atoms with Gasteiger partial charge in [0.25, 0.3) is 0 Å². The second-order valence-electron chi connectivity index (χ2n) is 2.02. The van der Waals surface area contributed by atoms with Gasteiger partial charge in [-0.3, -0.25) is 0 Å². The van der Waals surface area contributed by atoms with Crippen LogP contribution in [0, 0.1) is 0 Å². The lowest BCUT2D eigenvalue weighted by molar-refractivity contribution is 0.321. The van der Waals surface area contributed by atoms with E-state index in [0.29, 0.717) is 15.1 Å². The summed E-state index contributed by atoms with van der Waals surface area (Å²) in [6.07, 6.45) is 0. The molecule has 0 unspecified atom stereocenters. The van der Waals surface area contributed by atoms with Crippen molar-refractivity contribution in [2.75, 3.05) is 0 Å². The van der Waals surface area contributed by atoms with Gasteiger partial charge >= 0.3 is 0 Å². The van der Waals surface area contributed by atoms with E-state index in [9.17, 15) is 0 Å². The summed E-state index contributed by atoms with van der Waals surface area (Å²) in [5.74, 6) is 0. The molecule has 1 aromatic rings. The zero-order valence-corrected chi connectivity index (χ0v) is 8.86. The molecule has 0 saturated heterocycles. The van der Waals surface area contributed by atoms with Gasteiger partial charge in [0.1, 0.15) is 0 Å². The highest BCUT2D eigenvalue weighted by Gasteiger charge is 2.03. The number of benzene rings is 1. The highest BCUT2D eigenvalue weighted by molar-refractivity contribution is 9.10. The highest BCUT2D eigenvalue weighted by atomic mass is 79.9. The summed E-state index contributed by atoms with van der Waals surface area (Å²) >= 11 is 14.5. The van der Waals surface area contributed by atoms with Gasteiger partial charge in [0.05, 0.1) is 5.02 Å². The molecule has 0 aliphatic carbocycles. The molecule has 2 nitrogen and oxygen atoms in total. The molecule has 0 amide bonds. The molecule has 1 rings (SSSR count). The first-order chi connectivity index (χ1) is 5.65. The van der Waals surface area contributed by atoms with Crippen LogP contribution in [-0.4, -0.2) is 10.4 Å². The van der Waals surface area contributed by atoms with Crippen LogP contribution in [-0.2, 0) is 0 Å². The van der Waals surface area contributed by atoms with Gasteiger partial charge in [0.2, 0.25) is 0 Å². The first kappa shape index (κ1) is 9.84. The maximum atomic E-state index is 8.36. The van der Waals surface area contributed by atoms with Crippen molar-refractivity contribution in [1.29, 1.82) is 0 Å². The fourth-order valence-corrected chi connectivity index (χ4v) is 1.30. The van der Waals surface area contributed by atoms with Crippen LogP contribution in [0.2, 0.25) is 5.02 Å². The van der Waals surface area contributed by atoms with Crippen molar-refractivity contribution in [2.24, 2.45) is 5.16 Å². The van der Waals surface area contributed by atoms with E-state index >= 15 is 0 Å². The summed E-state index contributed by atoms with van der Waals surface area (Å²) in [4.78, 5) is 0. The first-order valence-electron chi connectivity index (χ1n) is 2.98. The fraction of sp³-hybridized carbons (Fsp3) is 0. The monoisotopic (exact) mass is 267 g/mol. The van der Waals surface area contributed by atoms with Crippen LogP contribution in [0.15, 0.2) is 27.8 Å². The van der Waals surface area contributed by atoms with Gasteiger partial charge < -0.3 is 5.21 Å². The van der Waals surface area contributed by atoms with Crippen molar-refractivity contribution >= 4 is 44.3 Å². The molecule has 0 bridgehead atoms. The van der Waals surface area contributed by atoms with Gasteiger partial charge in [-0.05, 0) is 28.1 Å². The maximum absolute atomic E-state index is 8.36. The molecule has 1 N–H and O–H groups in total. The molecule has 0 aliphatic heterocycles. The number of hydrogen-bond donors (Lipinski definition) is 1. The Hall–Kier alpha value is -0.250. The fourth-order valence-electron chi connectivity index (χ4n) is 0.682. The average molecular weight is 269 g/mol. The highest BCUT2D eigenvalue weighted by Crippen LogP contribution is 2.23. The minimum atomic E-state index is 0.0346. The smallest absolute Gasteiger partial charge is 0.175 e. The van der Waals surface area contributed by atoms with Crippen molar-refractivity contribution in [1.82, 2.24) is 0 Å². The number of oxime groups is 1. The Morgan fingerprint density at radius 3 is 2.67 bits per heavy atom. The third-order valence-corrected chi connectivity index (χ3v) is 2.75. The Bertz CT molecular complexity index is 327. The lowest BCUT2D eigenvalue weighted by Crippen LogP contribution is -1.90. The second-order valence-corrected chi connectivity index (χ2v) is 3.64. The number of halogens is 3. The number of rotatable bonds is 1. The van der Waals surface area contributed by atoms with E-state index < -0.39 is 0 Å². The van der Waals surface area contributed by atoms with Gasteiger partial charge in [0.15, 0.2) is 5.17 Å². The molecule has 1 aromatic carbocycles. The molecule has 0 heterocycles. The molecule has 0 radical (unpaired) electrons. The van der Waals surface area contributed by atoms with Crippen molar-refractivity contribution < 1.29 is 5.21 Å². The van der Waals surface area contributed by atoms with Crippen molar-refractivity contribution in [3.05, 3.63) is 33.3 Å². The predicted molar refractivity (Wildman–Crippen MR) is 53.3 cm³/mol. The third-order valence-electron chi connectivity index (χ3n) is 1.25. The Morgan fingerprint density at radius 2 is 2.17 bits per heavy atom. The summed E-state index contributed by atoms with van der Waals surface area (Å²) in [5.41, 5.74) is 0.607. The quantitative estimate of drug-likeness (QED) is 0.472. The van der Waals surface area contributed by atoms with Crippen LogP contribution >= 0.6 is 39.1 Å². The number of nitrogens with zero attached hydrogens (tertiary/aromatic N) is 1. The molecular formula is C7H4BrCl2NO. The molecule has 0 spiro atoms. The van der Waals surface area contributed by atoms with Crippen LogP contribution < -0.4 is 0 Å². The van der Waals surface area contributed by atoms with Gasteiger partial charge in [0, 0.05) is 10.0 Å². The summed E-state index contributed by atoms with van der Waals surface area (Å²) < 4.78 is 0.712. The maximum Gasteiger partial charge on any atom is 0.175 e. The van der Waals surface area contributed by atoms with Crippen molar-refractivity contribution in [3.8, 4) is 0 Å². The topological polar surface area (TPSA) is 32.6 Å². The summed E-state index contributed by atoms with van der Waals surface area (Å²) in [6.45, 7) is 0. The molecule has 5 heteroatoms. The zero-order valence-electron chi connectivity index (χ0n) is 5.76. The van der Waals surface area contributed by atoms with E-state index in [-0.39, 0.29) is 5.17 Å². The first-order valence-corrected chi connectivity index (χ1v) is 4.53. The Kier molecular flexibility index (Phi) is 3.38. The lowest BCUT2D eigenvalue weighted by atomic mass is 10.2. The van der Waals surface area contributed by atoms with Crippen LogP contribution in [0.3, 0.4) is 0 Å². The second kappa shape index (κ2) is 4.12. The Labute approximate surface area is 87.9 Å². The zero-order chi connectivity index (χ0) is 9.14. The Balaban J connectivity index is 3.13. The SMILES string of the molecule is O/N=C(/Cl)c1ccc(Cl)c(Br)c1. The van der Waals surface area contributed by atoms with Crippen molar-refractivity contribution in [2.45, 2.75) is 0 Å². The predicted octanol–water partition coefficient (Wildman–Crippen LogP) is 3.48. The summed E-state index contributed by atoms with van der Waals surface area (Å²) in [6, 6.07) is 4.99. The summed E-state index contributed by atoms with van der Waals surface area (Å²) in [7, 11) is 0. The van der Waals surface area contributed by atoms with E-state index in [1.165, 1.54) is 0 Å². The average Bonchev–Trinajstić information content (AvgIpc) is 2.08. The molecule has 12 heavy (non-hydrogen) atoms. The van der Waals surface area contributed by atoms with Gasteiger partial charge in [-0.15, -0.1) is 0 Å². The summed E-state index contributed by atoms with van der Waals surface area (Å²) in [5, 5.41) is 11.8. The number of hydrogen-bond acceptors (Lipinski definition) is 2. The van der Waals surface area contributed by atoms with E-state index in [0.717, 1.165) is 0 Å². The molecule has 64 valence electrons. The van der Waals surface area contributed by atoms with Crippen LogP contribution in [0.1, 0.15) is 5.56 Å². The van der Waals surface area contributed by atoms with E-state index in [4.69, 9.17) is 28.4 Å². The van der Waals surface area contributed by atoms with Crippen LogP contribution in [0.4, 0.5) is 0 Å². The van der Waals surface area contributed by atoms with E-state index in [2.05, 4.69) is 21.1 Å². The van der Waals surface area contributed by atoms with Gasteiger partial charge in [-0.1, -0.05) is 34.4 Å². The third kappa shape index (κ3) is 2.12. The van der Waals surface area contributed by atoms with E-state index in [1.807, 2.05) is 0 Å². The molecule has 0 atom stereocenters. The lowest BCUT2D eigenvalue weighted by Gasteiger charge is -1.98. The standard InChI is InChI=1S/C7H4BrCl2NO/c8-5-3-4(7(10)11-12)1-2-6(5)9/h1-3,12H/b11-7+. The van der Waals surface area contributed by atoms with Gasteiger partial charge in [-0.2, -0.15) is 0 Å². The largest absolute Gasteiger partial charge is 0.410 e. The Morgan fingerprint density at radius 1 is 1.50 bits per heavy atom. The molecule has 0 aliphatic rings. The minimum Gasteiger partial charge on any atom is -0.410 e. The molecule has 0 fully saturated rings. The van der Waals surface area contributed by atoms with E-state index in [1.54, 1.807) is 18.2 Å². The van der Waals surface area contributed by atoms with Crippen molar-refractivity contribution in [3.63, 3.8) is 0 Å². The molecular weight excluding hydrogens is 265 g/mol.